The van der Waals surface area contributed by atoms with Crippen LogP contribution in [0.5, 0.6) is 0 Å². The van der Waals surface area contributed by atoms with Crippen LogP contribution in [0.15, 0.2) is 109 Å². The van der Waals surface area contributed by atoms with E-state index < -0.39 is 29.4 Å². The third-order valence-corrected chi connectivity index (χ3v) is 7.64. The number of hydrogen-bond donors (Lipinski definition) is 1. The number of hydrogen-bond acceptors (Lipinski definition) is 12. The van der Waals surface area contributed by atoms with Crippen LogP contribution in [0.3, 0.4) is 0 Å². The van der Waals surface area contributed by atoms with E-state index in [2.05, 4.69) is 0 Å². The van der Waals surface area contributed by atoms with Gasteiger partial charge in [0, 0.05) is 47.6 Å². The van der Waals surface area contributed by atoms with Crippen molar-refractivity contribution >= 4 is 76.1 Å². The zero-order valence-electron chi connectivity index (χ0n) is 30.7. The normalized spacial score (nSPS) is 14.4. The summed E-state index contributed by atoms with van der Waals surface area (Å²) in [5.41, 5.74) is 9.13. The fourth-order valence-corrected chi connectivity index (χ4v) is 4.93. The van der Waals surface area contributed by atoms with Gasteiger partial charge in [-0.3, -0.25) is 38.4 Å². The molecule has 0 atom stereocenters. The first-order valence-electron chi connectivity index (χ1n) is 16.6. The highest BCUT2D eigenvalue weighted by molar-refractivity contribution is 6.29. The predicted octanol–water partition coefficient (Wildman–Crippen LogP) is 4.87. The average Bonchev–Trinajstić information content (AvgIpc) is 3.80. The van der Waals surface area contributed by atoms with Crippen molar-refractivity contribution in [3.8, 4) is 0 Å². The van der Waals surface area contributed by atoms with E-state index in [1.807, 2.05) is 0 Å². The van der Waals surface area contributed by atoms with Gasteiger partial charge in [0.15, 0.2) is 11.6 Å². The first-order valence-corrected chi connectivity index (χ1v) is 16.6. The van der Waals surface area contributed by atoms with Crippen LogP contribution in [0, 0.1) is 5.53 Å². The summed E-state index contributed by atoms with van der Waals surface area (Å²) in [5, 5.41) is 0. The second-order valence-corrected chi connectivity index (χ2v) is 12.9. The van der Waals surface area contributed by atoms with E-state index in [-0.39, 0.29) is 45.5 Å². The molecule has 0 fully saturated rings. The van der Waals surface area contributed by atoms with Gasteiger partial charge in [-0.05, 0) is 113 Å². The molecule has 3 aliphatic heterocycles. The lowest BCUT2D eigenvalue weighted by Crippen LogP contribution is -2.33. The van der Waals surface area contributed by atoms with E-state index in [9.17, 15) is 47.9 Å². The summed E-state index contributed by atoms with van der Waals surface area (Å²) in [6.45, 7) is 7.79. The number of nitrogens with zero attached hydrogens (tertiary/aromatic N) is 4. The molecule has 8 amide bonds. The highest BCUT2D eigenvalue weighted by atomic mass is 16.6. The molecule has 6 rings (SSSR count). The van der Waals surface area contributed by atoms with Gasteiger partial charge in [-0.25, -0.2) is 19.5 Å². The van der Waals surface area contributed by atoms with Crippen LogP contribution < -0.4 is 14.7 Å². The third-order valence-electron chi connectivity index (χ3n) is 7.64. The minimum atomic E-state index is -1.09. The van der Waals surface area contributed by atoms with Gasteiger partial charge in [-0.15, -0.1) is 0 Å². The molecule has 16 nitrogen and oxygen atoms in total. The Bertz CT molecular complexity index is 2130. The molecular formula is C40H34N5O11+. The molecule has 0 radical (unpaired) electrons. The summed E-state index contributed by atoms with van der Waals surface area (Å²) in [5.74, 6) is -3.38. The topological polar surface area (TPSA) is 217 Å². The lowest BCUT2D eigenvalue weighted by Gasteiger charge is -2.15. The number of ketones is 2. The first kappa shape index (κ1) is 41.1. The molecule has 3 aromatic carbocycles. The van der Waals surface area contributed by atoms with E-state index in [4.69, 9.17) is 10.3 Å². The maximum atomic E-state index is 12.1. The van der Waals surface area contributed by atoms with Crippen LogP contribution in [-0.4, -0.2) is 69.3 Å². The zero-order chi connectivity index (χ0) is 41.5. The fourth-order valence-electron chi connectivity index (χ4n) is 4.93. The molecular weight excluding hydrogens is 726 g/mol. The lowest BCUT2D eigenvalue weighted by molar-refractivity contribution is -0.446. The summed E-state index contributed by atoms with van der Waals surface area (Å²) >= 11 is 0. The Kier molecular flexibility index (Phi) is 12.5. The van der Waals surface area contributed by atoms with Gasteiger partial charge in [0.1, 0.15) is 5.60 Å². The van der Waals surface area contributed by atoms with Crippen molar-refractivity contribution in [2.45, 2.75) is 40.2 Å². The van der Waals surface area contributed by atoms with Gasteiger partial charge in [0.25, 0.3) is 35.4 Å². The zero-order valence-corrected chi connectivity index (χ0v) is 30.7. The molecule has 56 heavy (non-hydrogen) atoms. The molecule has 0 saturated carbocycles. The van der Waals surface area contributed by atoms with Gasteiger partial charge in [-0.1, -0.05) is 0 Å². The minimum absolute atomic E-state index is 0.0478. The maximum Gasteiger partial charge on any atom is 0.631 e. The molecule has 0 aromatic heterocycles. The smallest absolute Gasteiger partial charge is 0.404 e. The first-order chi connectivity index (χ1) is 26.3. The largest absolute Gasteiger partial charge is 0.631 e. The molecule has 0 saturated heterocycles. The summed E-state index contributed by atoms with van der Waals surface area (Å²) in [7, 11) is 0. The lowest BCUT2D eigenvalue weighted by atomic mass is 10.1. The molecule has 0 aliphatic carbocycles. The highest BCUT2D eigenvalue weighted by Gasteiger charge is 2.35. The number of ether oxygens (including phenoxy) is 1. The Hall–Kier alpha value is -7.62. The number of benzene rings is 3. The van der Waals surface area contributed by atoms with Crippen LogP contribution in [0.1, 0.15) is 65.7 Å². The van der Waals surface area contributed by atoms with E-state index >= 15 is 0 Å². The number of carbonyl (C=O) groups excluding carboxylic acids is 10. The number of carbonyl (C=O) groups is 10. The van der Waals surface area contributed by atoms with Crippen molar-refractivity contribution in [2.75, 3.05) is 14.7 Å². The van der Waals surface area contributed by atoms with Crippen LogP contribution in [0.2, 0.25) is 0 Å². The second-order valence-electron chi connectivity index (χ2n) is 12.9. The van der Waals surface area contributed by atoms with E-state index in [0.29, 0.717) is 28.2 Å². The monoisotopic (exact) mass is 760 g/mol. The van der Waals surface area contributed by atoms with Crippen molar-refractivity contribution in [3.05, 3.63) is 126 Å². The number of imide groups is 4. The van der Waals surface area contributed by atoms with Crippen molar-refractivity contribution in [1.82, 2.24) is 0 Å². The van der Waals surface area contributed by atoms with E-state index in [1.54, 1.807) is 69.3 Å². The Labute approximate surface area is 319 Å². The summed E-state index contributed by atoms with van der Waals surface area (Å²) in [6, 6.07) is 18.1. The molecule has 1 N–H and O–H groups in total. The molecule has 0 spiro atoms. The van der Waals surface area contributed by atoms with Crippen LogP contribution in [0.4, 0.5) is 21.9 Å². The number of rotatable bonds is 6. The second kappa shape index (κ2) is 17.0. The number of anilines is 3. The SMILES string of the molecule is CC(=O)c1ccc(N2C(=O)C=CC2=O)cc1.CC(=O)c1ccc(N2C(=O)C=CC2=O)cc1.CC(C)(C)OC(=O)[N+](=N)C(=O)c1ccc(N2C(=O)C=CC2=O)cc1. The Morgan fingerprint density at radius 3 is 0.964 bits per heavy atom. The van der Waals surface area contributed by atoms with Crippen molar-refractivity contribution in [1.29, 1.82) is 5.53 Å². The highest BCUT2D eigenvalue weighted by Crippen LogP contribution is 2.22. The van der Waals surface area contributed by atoms with Gasteiger partial charge in [0.2, 0.25) is 0 Å². The fraction of sp³-hybridized carbons (Fsp3) is 0.150. The summed E-state index contributed by atoms with van der Waals surface area (Å²) in [4.78, 5) is 118. The van der Waals surface area contributed by atoms with Gasteiger partial charge in [0.05, 0.1) is 27.3 Å². The number of amides is 8. The summed E-state index contributed by atoms with van der Waals surface area (Å²) in [6.07, 6.45) is 6.10. The summed E-state index contributed by atoms with van der Waals surface area (Å²) < 4.78 is 5.07. The molecule has 16 heteroatoms. The molecule has 284 valence electrons. The van der Waals surface area contributed by atoms with Gasteiger partial charge >= 0.3 is 12.0 Å². The predicted molar refractivity (Wildman–Crippen MR) is 198 cm³/mol. The average molecular weight is 761 g/mol. The van der Waals surface area contributed by atoms with Crippen LogP contribution in [-0.2, 0) is 33.5 Å². The molecule has 3 heterocycles. The van der Waals surface area contributed by atoms with E-state index in [0.717, 1.165) is 26.9 Å². The van der Waals surface area contributed by atoms with Gasteiger partial charge < -0.3 is 4.74 Å². The van der Waals surface area contributed by atoms with E-state index in [1.165, 1.54) is 62.4 Å². The number of Topliss-reactive ketones (excluding diaryl/α,β-unsaturated/α-hetero) is 2. The van der Waals surface area contributed by atoms with Crippen LogP contribution >= 0.6 is 0 Å². The van der Waals surface area contributed by atoms with Crippen molar-refractivity contribution in [3.63, 3.8) is 0 Å². The Balaban J connectivity index is 0.000000192. The molecule has 0 unspecified atom stereocenters. The molecule has 3 aliphatic rings. The third kappa shape index (κ3) is 9.87. The molecule has 0 bridgehead atoms. The number of nitrogens with one attached hydrogen (secondary N) is 1. The Morgan fingerprint density at radius 1 is 0.482 bits per heavy atom. The molecule has 3 aromatic rings. The standard InChI is InChI=1S/C16H16N3O5.2C12H9NO3/c1-16(2,3)24-15(23)19(17)14(22)10-4-6-11(7-5-10)18-12(20)8-9-13(18)21;2*1-8(14)9-2-4-10(5-3-9)13-11(15)6-7-12(13)16/h4-9,17H,1-3H3;2*2-7H,1H3/q+1;;. The Morgan fingerprint density at radius 2 is 0.732 bits per heavy atom. The minimum Gasteiger partial charge on any atom is -0.404 e. The van der Waals surface area contributed by atoms with Gasteiger partial charge in [-0.2, -0.15) is 4.79 Å². The quantitative estimate of drug-likeness (QED) is 0.155. The maximum absolute atomic E-state index is 12.1. The van der Waals surface area contributed by atoms with Crippen molar-refractivity contribution < 1.29 is 57.4 Å². The van der Waals surface area contributed by atoms with Crippen molar-refractivity contribution in [2.24, 2.45) is 0 Å². The van der Waals surface area contributed by atoms with Crippen LogP contribution in [0.25, 0.3) is 0 Å².